The maximum absolute atomic E-state index is 12.1. The molecule has 0 unspecified atom stereocenters. The number of aliphatic imine (C=N–C) groups is 1. The molecule has 0 amide bonds. The number of hydrogen-bond acceptors (Lipinski definition) is 5. The van der Waals surface area contributed by atoms with Crippen LogP contribution in [0, 0.1) is 7.14 Å². The molecule has 1 aliphatic rings. The minimum atomic E-state index is -0.524. The molecule has 0 bridgehead atoms. The molecule has 2 aromatic rings. The highest BCUT2D eigenvalue weighted by atomic mass is 127. The summed E-state index contributed by atoms with van der Waals surface area (Å²) in [5.41, 5.74) is 1.62. The number of rotatable bonds is 3. The van der Waals surface area contributed by atoms with Crippen LogP contribution >= 0.6 is 56.8 Å². The molecule has 0 saturated carbocycles. The van der Waals surface area contributed by atoms with E-state index in [4.69, 9.17) is 21.1 Å². The third-order valence-electron chi connectivity index (χ3n) is 3.28. The fourth-order valence-corrected chi connectivity index (χ4v) is 4.35. The Bertz CT molecular complexity index is 945. The van der Waals surface area contributed by atoms with Gasteiger partial charge in [-0.2, -0.15) is 0 Å². The van der Waals surface area contributed by atoms with Gasteiger partial charge in [0.15, 0.2) is 11.4 Å². The highest BCUT2D eigenvalue weighted by Crippen LogP contribution is 2.30. The van der Waals surface area contributed by atoms with E-state index in [0.717, 1.165) is 12.7 Å². The molecule has 0 radical (unpaired) electrons. The number of carbonyl (C=O) groups excluding carboxylic acids is 2. The molecule has 2 aromatic carbocycles. The lowest BCUT2D eigenvalue weighted by Gasteiger charge is -2.08. The van der Waals surface area contributed by atoms with Crippen LogP contribution in [-0.4, -0.2) is 17.8 Å². The van der Waals surface area contributed by atoms with Crippen LogP contribution in [0.5, 0.6) is 5.75 Å². The zero-order valence-electron chi connectivity index (χ0n) is 13.3. The molecular formula is C18H10ClI2NO4. The Kier molecular flexibility index (Phi) is 5.98. The van der Waals surface area contributed by atoms with Gasteiger partial charge in [-0.3, -0.25) is 4.79 Å². The van der Waals surface area contributed by atoms with Crippen molar-refractivity contribution in [2.75, 3.05) is 0 Å². The summed E-state index contributed by atoms with van der Waals surface area (Å²) in [4.78, 5) is 27.6. The highest BCUT2D eigenvalue weighted by Gasteiger charge is 2.24. The van der Waals surface area contributed by atoms with E-state index >= 15 is 0 Å². The van der Waals surface area contributed by atoms with E-state index in [2.05, 4.69) is 50.2 Å². The van der Waals surface area contributed by atoms with Crippen LogP contribution in [0.2, 0.25) is 5.02 Å². The average molecular weight is 594 g/mol. The number of nitrogens with zero attached hydrogens (tertiary/aromatic N) is 1. The molecule has 0 N–H and O–H groups in total. The normalized spacial score (nSPS) is 15.0. The van der Waals surface area contributed by atoms with Crippen molar-refractivity contribution in [2.45, 2.75) is 6.92 Å². The standard InChI is InChI=1S/C18H10ClI2NO4/c1-9(23)25-16-13(20)6-10(7-14(16)21)8-15-18(24)26-17(22-15)11-2-4-12(19)5-3-11/h2-8H,1H3/b15-8+. The summed E-state index contributed by atoms with van der Waals surface area (Å²) in [6, 6.07) is 10.5. The van der Waals surface area contributed by atoms with Crippen molar-refractivity contribution in [2.24, 2.45) is 4.99 Å². The smallest absolute Gasteiger partial charge is 0.363 e. The largest absolute Gasteiger partial charge is 0.424 e. The number of esters is 2. The quantitative estimate of drug-likeness (QED) is 0.222. The fraction of sp³-hybridized carbons (Fsp3) is 0.0556. The molecule has 0 fully saturated rings. The van der Waals surface area contributed by atoms with Crippen LogP contribution in [0.1, 0.15) is 18.1 Å². The van der Waals surface area contributed by atoms with E-state index in [1.54, 1.807) is 42.5 Å². The Morgan fingerprint density at radius 2 is 1.81 bits per heavy atom. The number of ether oxygens (including phenoxy) is 2. The van der Waals surface area contributed by atoms with Crippen molar-refractivity contribution in [3.05, 3.63) is 65.4 Å². The van der Waals surface area contributed by atoms with Gasteiger partial charge >= 0.3 is 11.9 Å². The first-order valence-electron chi connectivity index (χ1n) is 7.29. The van der Waals surface area contributed by atoms with Gasteiger partial charge in [-0.05, 0) is 93.2 Å². The molecule has 26 heavy (non-hydrogen) atoms. The van der Waals surface area contributed by atoms with Crippen LogP contribution in [0.3, 0.4) is 0 Å². The number of carbonyl (C=O) groups is 2. The van der Waals surface area contributed by atoms with E-state index in [1.165, 1.54) is 6.92 Å². The molecule has 5 nitrogen and oxygen atoms in total. The second-order valence-corrected chi connectivity index (χ2v) is 8.01. The van der Waals surface area contributed by atoms with E-state index in [1.807, 2.05) is 0 Å². The van der Waals surface area contributed by atoms with Gasteiger partial charge in [0.2, 0.25) is 5.90 Å². The SMILES string of the molecule is CC(=O)Oc1c(I)cc(/C=C2/N=C(c3ccc(Cl)cc3)OC2=O)cc1I. The molecular weight excluding hydrogens is 583 g/mol. The second kappa shape index (κ2) is 8.05. The van der Waals surface area contributed by atoms with Crippen LogP contribution in [-0.2, 0) is 14.3 Å². The second-order valence-electron chi connectivity index (χ2n) is 5.25. The Morgan fingerprint density at radius 3 is 2.38 bits per heavy atom. The zero-order valence-corrected chi connectivity index (χ0v) is 18.3. The van der Waals surface area contributed by atoms with Crippen LogP contribution < -0.4 is 4.74 Å². The first-order valence-corrected chi connectivity index (χ1v) is 9.83. The Balaban J connectivity index is 1.93. The van der Waals surface area contributed by atoms with Crippen LogP contribution in [0.4, 0.5) is 0 Å². The summed E-state index contributed by atoms with van der Waals surface area (Å²) < 4.78 is 11.9. The van der Waals surface area contributed by atoms with E-state index < -0.39 is 5.97 Å². The minimum Gasteiger partial charge on any atom is -0.424 e. The lowest BCUT2D eigenvalue weighted by Crippen LogP contribution is -2.05. The van der Waals surface area contributed by atoms with Gasteiger partial charge in [0.1, 0.15) is 0 Å². The monoisotopic (exact) mass is 593 g/mol. The van der Waals surface area contributed by atoms with Gasteiger partial charge in [0.25, 0.3) is 0 Å². The number of hydrogen-bond donors (Lipinski definition) is 0. The summed E-state index contributed by atoms with van der Waals surface area (Å²) >= 11 is 10.0. The highest BCUT2D eigenvalue weighted by molar-refractivity contribution is 14.1. The molecule has 0 aliphatic carbocycles. The van der Waals surface area contributed by atoms with Crippen LogP contribution in [0.15, 0.2) is 47.1 Å². The van der Waals surface area contributed by atoms with E-state index in [9.17, 15) is 9.59 Å². The summed E-state index contributed by atoms with van der Waals surface area (Å²) in [6.07, 6.45) is 1.63. The first kappa shape index (κ1) is 19.3. The van der Waals surface area contributed by atoms with Crippen molar-refractivity contribution in [3.8, 4) is 5.75 Å². The molecule has 0 saturated heterocycles. The summed E-state index contributed by atoms with van der Waals surface area (Å²) in [5.74, 6) is -0.174. The summed E-state index contributed by atoms with van der Waals surface area (Å²) in [7, 11) is 0. The lowest BCUT2D eigenvalue weighted by molar-refractivity contribution is -0.132. The van der Waals surface area contributed by atoms with Crippen molar-refractivity contribution in [1.29, 1.82) is 0 Å². The Hall–Kier alpha value is -1.46. The maximum atomic E-state index is 12.1. The average Bonchev–Trinajstić information content (AvgIpc) is 2.92. The van der Waals surface area contributed by atoms with Gasteiger partial charge in [-0.25, -0.2) is 9.79 Å². The summed E-state index contributed by atoms with van der Waals surface area (Å²) in [5, 5.41) is 0.589. The van der Waals surface area contributed by atoms with Crippen molar-refractivity contribution < 1.29 is 19.1 Å². The fourth-order valence-electron chi connectivity index (χ4n) is 2.19. The molecule has 1 heterocycles. The van der Waals surface area contributed by atoms with Gasteiger partial charge in [-0.1, -0.05) is 11.6 Å². The third kappa shape index (κ3) is 4.44. The molecule has 0 spiro atoms. The van der Waals surface area contributed by atoms with Crippen LogP contribution in [0.25, 0.3) is 6.08 Å². The topological polar surface area (TPSA) is 65.0 Å². The molecule has 132 valence electrons. The number of benzene rings is 2. The predicted octanol–water partition coefficient (Wildman–Crippen LogP) is 4.82. The van der Waals surface area contributed by atoms with Gasteiger partial charge in [0, 0.05) is 17.5 Å². The maximum Gasteiger partial charge on any atom is 0.363 e. The van der Waals surface area contributed by atoms with Gasteiger partial charge < -0.3 is 9.47 Å². The Labute approximate surface area is 181 Å². The summed E-state index contributed by atoms with van der Waals surface area (Å²) in [6.45, 7) is 1.35. The Morgan fingerprint density at radius 1 is 1.19 bits per heavy atom. The number of cyclic esters (lactones) is 1. The zero-order chi connectivity index (χ0) is 18.8. The number of halogens is 3. The van der Waals surface area contributed by atoms with Crippen molar-refractivity contribution in [3.63, 3.8) is 0 Å². The molecule has 0 aromatic heterocycles. The predicted molar refractivity (Wildman–Crippen MR) is 115 cm³/mol. The van der Waals surface area contributed by atoms with Gasteiger partial charge in [0.05, 0.1) is 7.14 Å². The lowest BCUT2D eigenvalue weighted by atomic mass is 10.2. The van der Waals surface area contributed by atoms with E-state index in [0.29, 0.717) is 16.3 Å². The molecule has 1 aliphatic heterocycles. The first-order chi connectivity index (χ1) is 12.3. The van der Waals surface area contributed by atoms with E-state index in [-0.39, 0.29) is 17.6 Å². The molecule has 8 heteroatoms. The third-order valence-corrected chi connectivity index (χ3v) is 5.14. The van der Waals surface area contributed by atoms with Crippen molar-refractivity contribution >= 4 is 80.7 Å². The molecule has 0 atom stereocenters. The minimum absolute atomic E-state index is 0.196. The van der Waals surface area contributed by atoms with Gasteiger partial charge in [-0.15, -0.1) is 0 Å². The van der Waals surface area contributed by atoms with Crippen molar-refractivity contribution in [1.82, 2.24) is 0 Å². The molecule has 3 rings (SSSR count).